The van der Waals surface area contributed by atoms with Gasteiger partial charge in [0.05, 0.1) is 0 Å². The van der Waals surface area contributed by atoms with Crippen molar-refractivity contribution in [3.8, 4) is 0 Å². The number of aryl methyl sites for hydroxylation is 1. The van der Waals surface area contributed by atoms with E-state index in [4.69, 9.17) is 5.73 Å². The van der Waals surface area contributed by atoms with Gasteiger partial charge in [-0.3, -0.25) is 4.79 Å². The second-order valence-electron chi connectivity index (χ2n) is 5.93. The molecule has 3 N–H and O–H groups in total. The molecule has 1 amide bonds. The Labute approximate surface area is 121 Å². The van der Waals surface area contributed by atoms with Gasteiger partial charge in [0.25, 0.3) is 0 Å². The summed E-state index contributed by atoms with van der Waals surface area (Å²) in [6, 6.07) is 6.37. The number of rotatable bonds is 4. The molecule has 1 aliphatic carbocycles. The average molecular weight is 274 g/mol. The van der Waals surface area contributed by atoms with Gasteiger partial charge in [-0.1, -0.05) is 38.2 Å². The van der Waals surface area contributed by atoms with E-state index in [-0.39, 0.29) is 5.91 Å². The molecule has 0 saturated heterocycles. The topological polar surface area (TPSA) is 55.1 Å². The van der Waals surface area contributed by atoms with Crippen molar-refractivity contribution >= 4 is 5.91 Å². The van der Waals surface area contributed by atoms with E-state index in [1.54, 1.807) is 0 Å². The minimum atomic E-state index is -0.354. The van der Waals surface area contributed by atoms with Gasteiger partial charge in [-0.2, -0.15) is 0 Å². The first kappa shape index (κ1) is 15.0. The monoisotopic (exact) mass is 274 g/mol. The van der Waals surface area contributed by atoms with E-state index in [1.807, 2.05) is 25.1 Å². The molecule has 1 saturated carbocycles. The molecular weight excluding hydrogens is 248 g/mol. The normalized spacial score (nSPS) is 17.4. The van der Waals surface area contributed by atoms with E-state index < -0.39 is 0 Å². The van der Waals surface area contributed by atoms with E-state index in [9.17, 15) is 4.79 Å². The van der Waals surface area contributed by atoms with E-state index in [0.717, 1.165) is 12.1 Å². The number of benzene rings is 1. The Kier molecular flexibility index (Phi) is 5.60. The Hall–Kier alpha value is -1.35. The van der Waals surface area contributed by atoms with E-state index in [2.05, 4.69) is 5.32 Å². The van der Waals surface area contributed by atoms with Crippen molar-refractivity contribution in [2.45, 2.75) is 64.5 Å². The maximum atomic E-state index is 11.1. The van der Waals surface area contributed by atoms with Crippen LogP contribution in [0.2, 0.25) is 0 Å². The number of amides is 1. The molecule has 0 spiro atoms. The van der Waals surface area contributed by atoms with Crippen LogP contribution in [0.4, 0.5) is 0 Å². The van der Waals surface area contributed by atoms with Gasteiger partial charge in [-0.15, -0.1) is 0 Å². The SMILES string of the molecule is Cc1cc(C(N)=O)ccc1CNC1CCCCCCC1. The number of carbonyl (C=O) groups excluding carboxylic acids is 1. The van der Waals surface area contributed by atoms with Crippen LogP contribution in [0.1, 0.15) is 66.4 Å². The molecule has 1 aliphatic rings. The largest absolute Gasteiger partial charge is 0.366 e. The highest BCUT2D eigenvalue weighted by atomic mass is 16.1. The van der Waals surface area contributed by atoms with Crippen LogP contribution in [-0.2, 0) is 6.54 Å². The zero-order chi connectivity index (χ0) is 14.4. The lowest BCUT2D eigenvalue weighted by atomic mass is 9.96. The molecule has 1 fully saturated rings. The maximum absolute atomic E-state index is 11.1. The molecule has 0 unspecified atom stereocenters. The number of carbonyl (C=O) groups is 1. The number of hydrogen-bond acceptors (Lipinski definition) is 2. The van der Waals surface area contributed by atoms with Crippen LogP contribution in [0.15, 0.2) is 18.2 Å². The highest BCUT2D eigenvalue weighted by Crippen LogP contribution is 2.18. The van der Waals surface area contributed by atoms with Crippen LogP contribution < -0.4 is 11.1 Å². The first-order chi connectivity index (χ1) is 9.66. The zero-order valence-corrected chi connectivity index (χ0v) is 12.5. The highest BCUT2D eigenvalue weighted by Gasteiger charge is 2.11. The van der Waals surface area contributed by atoms with E-state index >= 15 is 0 Å². The van der Waals surface area contributed by atoms with Gasteiger partial charge in [0.2, 0.25) is 5.91 Å². The molecular formula is C17H26N2O. The van der Waals surface area contributed by atoms with Crippen molar-refractivity contribution < 1.29 is 4.79 Å². The van der Waals surface area contributed by atoms with E-state index in [0.29, 0.717) is 11.6 Å². The second-order valence-corrected chi connectivity index (χ2v) is 5.93. The van der Waals surface area contributed by atoms with Gasteiger partial charge >= 0.3 is 0 Å². The van der Waals surface area contributed by atoms with Crippen LogP contribution in [0, 0.1) is 6.92 Å². The molecule has 20 heavy (non-hydrogen) atoms. The lowest BCUT2D eigenvalue weighted by Gasteiger charge is -2.21. The first-order valence-corrected chi connectivity index (χ1v) is 7.79. The summed E-state index contributed by atoms with van der Waals surface area (Å²) in [6.45, 7) is 2.93. The Morgan fingerprint density at radius 3 is 2.45 bits per heavy atom. The molecule has 0 atom stereocenters. The molecule has 3 heteroatoms. The summed E-state index contributed by atoms with van der Waals surface area (Å²) in [5, 5.41) is 3.68. The predicted molar refractivity (Wildman–Crippen MR) is 82.6 cm³/mol. The Morgan fingerprint density at radius 1 is 1.20 bits per heavy atom. The fourth-order valence-corrected chi connectivity index (χ4v) is 2.96. The summed E-state index contributed by atoms with van der Waals surface area (Å²) < 4.78 is 0. The standard InChI is InChI=1S/C17H26N2O/c1-13-11-14(17(18)20)9-10-15(13)12-19-16-7-5-3-2-4-6-8-16/h9-11,16,19H,2-8,12H2,1H3,(H2,18,20). The molecule has 1 aromatic rings. The Bertz CT molecular complexity index is 448. The van der Waals surface area contributed by atoms with Crippen molar-refractivity contribution in [1.82, 2.24) is 5.32 Å². The van der Waals surface area contributed by atoms with Crippen molar-refractivity contribution in [1.29, 1.82) is 0 Å². The van der Waals surface area contributed by atoms with Gasteiger partial charge in [0.15, 0.2) is 0 Å². The summed E-state index contributed by atoms with van der Waals surface area (Å²) in [5.41, 5.74) is 8.30. The van der Waals surface area contributed by atoms with Crippen molar-refractivity contribution in [2.75, 3.05) is 0 Å². The van der Waals surface area contributed by atoms with E-state index in [1.165, 1.54) is 50.5 Å². The van der Waals surface area contributed by atoms with Crippen LogP contribution >= 0.6 is 0 Å². The lowest BCUT2D eigenvalue weighted by molar-refractivity contribution is 0.1000. The second kappa shape index (κ2) is 7.44. The maximum Gasteiger partial charge on any atom is 0.248 e. The van der Waals surface area contributed by atoms with Crippen LogP contribution in [0.3, 0.4) is 0 Å². The molecule has 0 aliphatic heterocycles. The van der Waals surface area contributed by atoms with Crippen molar-refractivity contribution in [2.24, 2.45) is 5.73 Å². The van der Waals surface area contributed by atoms with Crippen molar-refractivity contribution in [3.63, 3.8) is 0 Å². The zero-order valence-electron chi connectivity index (χ0n) is 12.5. The molecule has 0 radical (unpaired) electrons. The molecule has 3 nitrogen and oxygen atoms in total. The van der Waals surface area contributed by atoms with Gasteiger partial charge in [0, 0.05) is 18.2 Å². The quantitative estimate of drug-likeness (QED) is 0.885. The van der Waals surface area contributed by atoms with Crippen LogP contribution in [-0.4, -0.2) is 11.9 Å². The first-order valence-electron chi connectivity index (χ1n) is 7.79. The fourth-order valence-electron chi connectivity index (χ4n) is 2.96. The predicted octanol–water partition coefficient (Wildman–Crippen LogP) is 3.30. The fraction of sp³-hybridized carbons (Fsp3) is 0.588. The van der Waals surface area contributed by atoms with Gasteiger partial charge in [-0.25, -0.2) is 0 Å². The molecule has 110 valence electrons. The third-order valence-electron chi connectivity index (χ3n) is 4.31. The summed E-state index contributed by atoms with van der Waals surface area (Å²) in [4.78, 5) is 11.1. The number of hydrogen-bond donors (Lipinski definition) is 2. The Balaban J connectivity index is 1.91. The summed E-state index contributed by atoms with van der Waals surface area (Å²) in [5.74, 6) is -0.354. The van der Waals surface area contributed by atoms with Gasteiger partial charge in [0.1, 0.15) is 0 Å². The molecule has 0 heterocycles. The summed E-state index contributed by atoms with van der Waals surface area (Å²) in [6.07, 6.45) is 9.43. The minimum Gasteiger partial charge on any atom is -0.366 e. The molecule has 0 bridgehead atoms. The smallest absolute Gasteiger partial charge is 0.248 e. The van der Waals surface area contributed by atoms with Gasteiger partial charge in [-0.05, 0) is 43.0 Å². The average Bonchev–Trinajstić information content (AvgIpc) is 2.38. The number of primary amides is 1. The molecule has 1 aromatic carbocycles. The summed E-state index contributed by atoms with van der Waals surface area (Å²) >= 11 is 0. The molecule has 0 aromatic heterocycles. The lowest BCUT2D eigenvalue weighted by Crippen LogP contribution is -2.29. The Morgan fingerprint density at radius 2 is 1.85 bits per heavy atom. The van der Waals surface area contributed by atoms with Gasteiger partial charge < -0.3 is 11.1 Å². The summed E-state index contributed by atoms with van der Waals surface area (Å²) in [7, 11) is 0. The highest BCUT2D eigenvalue weighted by molar-refractivity contribution is 5.93. The van der Waals surface area contributed by atoms with Crippen molar-refractivity contribution in [3.05, 3.63) is 34.9 Å². The van der Waals surface area contributed by atoms with Crippen LogP contribution in [0.5, 0.6) is 0 Å². The third kappa shape index (κ3) is 4.34. The number of nitrogens with two attached hydrogens (primary N) is 1. The third-order valence-corrected chi connectivity index (χ3v) is 4.31. The minimum absolute atomic E-state index is 0.354. The number of nitrogens with one attached hydrogen (secondary N) is 1. The molecule has 2 rings (SSSR count). The van der Waals surface area contributed by atoms with Crippen LogP contribution in [0.25, 0.3) is 0 Å².